The molecule has 96 valence electrons. The van der Waals surface area contributed by atoms with Crippen molar-refractivity contribution in [3.8, 4) is 6.07 Å². The first-order valence-electron chi connectivity index (χ1n) is 4.98. The number of pyridine rings is 1. The summed E-state index contributed by atoms with van der Waals surface area (Å²) in [7, 11) is 1.19. The Kier molecular flexibility index (Phi) is 5.04. The summed E-state index contributed by atoms with van der Waals surface area (Å²) in [6, 6.07) is 3.00. The van der Waals surface area contributed by atoms with Gasteiger partial charge in [-0.05, 0) is 6.07 Å². The second kappa shape index (κ2) is 6.31. The van der Waals surface area contributed by atoms with Gasteiger partial charge in [-0.3, -0.25) is 0 Å². The number of ether oxygens (including phenoxy) is 1. The number of aliphatic hydroxyl groups excluding tert-OH is 2. The van der Waals surface area contributed by atoms with E-state index in [2.05, 4.69) is 9.72 Å². The van der Waals surface area contributed by atoms with Crippen LogP contribution < -0.4 is 0 Å². The van der Waals surface area contributed by atoms with Crippen molar-refractivity contribution < 1.29 is 19.7 Å². The maximum absolute atomic E-state index is 11.4. The van der Waals surface area contributed by atoms with Crippen molar-refractivity contribution in [3.05, 3.63) is 28.5 Å². The van der Waals surface area contributed by atoms with Gasteiger partial charge in [-0.25, -0.2) is 9.78 Å². The molecule has 18 heavy (non-hydrogen) atoms. The molecule has 2 atom stereocenters. The third-order valence-corrected chi connectivity index (χ3v) is 2.57. The zero-order valence-corrected chi connectivity index (χ0v) is 10.3. The van der Waals surface area contributed by atoms with Crippen LogP contribution in [0.25, 0.3) is 0 Å². The predicted molar refractivity (Wildman–Crippen MR) is 61.8 cm³/mol. The van der Waals surface area contributed by atoms with E-state index in [4.69, 9.17) is 16.9 Å². The van der Waals surface area contributed by atoms with Gasteiger partial charge in [0.15, 0.2) is 0 Å². The van der Waals surface area contributed by atoms with Crippen molar-refractivity contribution in [3.63, 3.8) is 0 Å². The number of methoxy groups -OCH3 is 1. The summed E-state index contributed by atoms with van der Waals surface area (Å²) in [5.74, 6) is -0.698. The molecule has 1 rings (SSSR count). The van der Waals surface area contributed by atoms with Crippen molar-refractivity contribution in [2.45, 2.75) is 18.6 Å². The Bertz CT molecular complexity index is 486. The maximum atomic E-state index is 11.4. The van der Waals surface area contributed by atoms with E-state index in [1.165, 1.54) is 19.4 Å². The Balaban J connectivity index is 3.05. The van der Waals surface area contributed by atoms with Crippen LogP contribution in [0.4, 0.5) is 0 Å². The van der Waals surface area contributed by atoms with Crippen LogP contribution in [0.2, 0.25) is 5.15 Å². The molecule has 0 fully saturated rings. The third kappa shape index (κ3) is 3.17. The van der Waals surface area contributed by atoms with Gasteiger partial charge in [0.05, 0.1) is 31.3 Å². The van der Waals surface area contributed by atoms with Crippen LogP contribution in [0, 0.1) is 11.3 Å². The zero-order chi connectivity index (χ0) is 13.7. The summed E-state index contributed by atoms with van der Waals surface area (Å²) in [5.41, 5.74) is 0.169. The van der Waals surface area contributed by atoms with E-state index in [-0.39, 0.29) is 22.7 Å². The molecule has 0 saturated carbocycles. The second-order valence-corrected chi connectivity index (χ2v) is 3.83. The Morgan fingerprint density at radius 3 is 2.89 bits per heavy atom. The predicted octanol–water partition coefficient (Wildman–Crippen LogP) is 0.830. The minimum atomic E-state index is -1.32. The molecular formula is C11H11ClN2O4. The molecule has 0 amide bonds. The zero-order valence-electron chi connectivity index (χ0n) is 9.50. The van der Waals surface area contributed by atoms with Crippen molar-refractivity contribution in [1.82, 2.24) is 4.98 Å². The van der Waals surface area contributed by atoms with Gasteiger partial charge in [-0.15, -0.1) is 0 Å². The second-order valence-electron chi connectivity index (χ2n) is 3.47. The summed E-state index contributed by atoms with van der Waals surface area (Å²) < 4.78 is 4.50. The average Bonchev–Trinajstić information content (AvgIpc) is 2.38. The molecule has 1 aromatic heterocycles. The number of carbonyl (C=O) groups excluding carboxylic acids is 1. The Labute approximate surface area is 108 Å². The highest BCUT2D eigenvalue weighted by atomic mass is 35.5. The molecule has 2 N–H and O–H groups in total. The molecule has 6 nitrogen and oxygen atoms in total. The highest BCUT2D eigenvalue weighted by Gasteiger charge is 2.21. The molecule has 7 heteroatoms. The smallest absolute Gasteiger partial charge is 0.341 e. The summed E-state index contributed by atoms with van der Waals surface area (Å²) in [5, 5.41) is 27.6. The minimum Gasteiger partial charge on any atom is -0.465 e. The molecular weight excluding hydrogens is 260 g/mol. The molecule has 0 aliphatic carbocycles. The SMILES string of the molecule is COC(=O)c1cc(C(O)C(O)CC#N)cnc1Cl. The molecule has 0 spiro atoms. The first-order chi connectivity index (χ1) is 8.51. The number of halogens is 1. The van der Waals surface area contributed by atoms with Gasteiger partial charge < -0.3 is 14.9 Å². The van der Waals surface area contributed by atoms with Crippen molar-refractivity contribution in [2.24, 2.45) is 0 Å². The number of esters is 1. The van der Waals surface area contributed by atoms with E-state index in [0.29, 0.717) is 0 Å². The van der Waals surface area contributed by atoms with Gasteiger partial charge in [0, 0.05) is 11.8 Å². The lowest BCUT2D eigenvalue weighted by atomic mass is 10.0. The number of carbonyl (C=O) groups is 1. The first-order valence-corrected chi connectivity index (χ1v) is 5.36. The third-order valence-electron chi connectivity index (χ3n) is 2.27. The standard InChI is InChI=1S/C11H11ClN2O4/c1-18-11(17)7-4-6(5-14-10(7)12)9(16)8(15)2-3-13/h4-5,8-9,15-16H,2H2,1H3. The Morgan fingerprint density at radius 1 is 1.67 bits per heavy atom. The largest absolute Gasteiger partial charge is 0.465 e. The van der Waals surface area contributed by atoms with E-state index in [9.17, 15) is 15.0 Å². The van der Waals surface area contributed by atoms with Crippen molar-refractivity contribution in [2.75, 3.05) is 7.11 Å². The van der Waals surface area contributed by atoms with Gasteiger partial charge in [0.2, 0.25) is 0 Å². The van der Waals surface area contributed by atoms with Crippen LogP contribution in [0.5, 0.6) is 0 Å². The lowest BCUT2D eigenvalue weighted by molar-refractivity contribution is 0.0213. The van der Waals surface area contributed by atoms with Crippen molar-refractivity contribution >= 4 is 17.6 Å². The highest BCUT2D eigenvalue weighted by Crippen LogP contribution is 2.22. The molecule has 0 aromatic carbocycles. The van der Waals surface area contributed by atoms with Gasteiger partial charge in [-0.1, -0.05) is 11.6 Å². The topological polar surface area (TPSA) is 103 Å². The number of hydrogen-bond donors (Lipinski definition) is 2. The van der Waals surface area contributed by atoms with Gasteiger partial charge in [0.25, 0.3) is 0 Å². The fraction of sp³-hybridized carbons (Fsp3) is 0.364. The lowest BCUT2D eigenvalue weighted by Crippen LogP contribution is -2.18. The first kappa shape index (κ1) is 14.4. The monoisotopic (exact) mass is 270 g/mol. The van der Waals surface area contributed by atoms with E-state index in [1.807, 2.05) is 0 Å². The van der Waals surface area contributed by atoms with E-state index in [1.54, 1.807) is 6.07 Å². The Morgan fingerprint density at radius 2 is 2.33 bits per heavy atom. The Hall–Kier alpha value is -1.68. The van der Waals surface area contributed by atoms with E-state index < -0.39 is 18.2 Å². The number of aliphatic hydroxyl groups is 2. The average molecular weight is 271 g/mol. The fourth-order valence-corrected chi connectivity index (χ4v) is 1.49. The maximum Gasteiger partial charge on any atom is 0.341 e. The van der Waals surface area contributed by atoms with Crippen LogP contribution in [0.1, 0.15) is 28.4 Å². The molecule has 0 saturated heterocycles. The van der Waals surface area contributed by atoms with Crippen molar-refractivity contribution in [1.29, 1.82) is 5.26 Å². The molecule has 1 heterocycles. The summed E-state index contributed by atoms with van der Waals surface area (Å²) in [6.07, 6.45) is -1.60. The summed E-state index contributed by atoms with van der Waals surface area (Å²) in [4.78, 5) is 15.1. The van der Waals surface area contributed by atoms with Gasteiger partial charge in [0.1, 0.15) is 11.3 Å². The van der Waals surface area contributed by atoms with E-state index in [0.717, 1.165) is 0 Å². The number of aromatic nitrogens is 1. The van der Waals surface area contributed by atoms with Crippen LogP contribution >= 0.6 is 11.6 Å². The minimum absolute atomic E-state index is 0.0140. The molecule has 0 radical (unpaired) electrons. The van der Waals surface area contributed by atoms with Crippen LogP contribution in [0.15, 0.2) is 12.3 Å². The number of hydrogen-bond acceptors (Lipinski definition) is 6. The normalized spacial score (nSPS) is 13.5. The molecule has 1 aromatic rings. The van der Waals surface area contributed by atoms with Gasteiger partial charge in [-0.2, -0.15) is 5.26 Å². The van der Waals surface area contributed by atoms with Crippen LogP contribution in [-0.2, 0) is 4.74 Å². The number of rotatable bonds is 4. The fourth-order valence-electron chi connectivity index (χ4n) is 1.31. The summed E-state index contributed by atoms with van der Waals surface area (Å²) >= 11 is 5.71. The molecule has 0 aliphatic rings. The molecule has 0 aliphatic heterocycles. The summed E-state index contributed by atoms with van der Waals surface area (Å²) in [6.45, 7) is 0. The number of nitriles is 1. The van der Waals surface area contributed by atoms with Crippen LogP contribution in [0.3, 0.4) is 0 Å². The molecule has 0 bridgehead atoms. The van der Waals surface area contributed by atoms with Crippen LogP contribution in [-0.4, -0.2) is 34.4 Å². The quantitative estimate of drug-likeness (QED) is 0.620. The van der Waals surface area contributed by atoms with E-state index >= 15 is 0 Å². The molecule has 2 unspecified atom stereocenters. The lowest BCUT2D eigenvalue weighted by Gasteiger charge is -2.16. The number of nitrogens with zero attached hydrogens (tertiary/aromatic N) is 2. The van der Waals surface area contributed by atoms with Gasteiger partial charge >= 0.3 is 5.97 Å². The highest BCUT2D eigenvalue weighted by molar-refractivity contribution is 6.32.